The van der Waals surface area contributed by atoms with Crippen LogP contribution in [-0.4, -0.2) is 25.7 Å². The number of nitrogens with zero attached hydrogens (tertiary/aromatic N) is 2. The second-order valence-electron chi connectivity index (χ2n) is 3.02. The Bertz CT molecular complexity index is 510. The Labute approximate surface area is 86.8 Å². The standard InChI is InChI=1S/C8H9N3O3S/c9-15(12,13)8-6(2-1-4-10-8)7-3-5-14-11-7/h1-2,4H,3,5H2,(H2,9,12,13). The number of rotatable bonds is 2. The zero-order valence-corrected chi connectivity index (χ0v) is 8.57. The van der Waals surface area contributed by atoms with Crippen molar-refractivity contribution in [3.8, 4) is 0 Å². The number of hydrogen-bond acceptors (Lipinski definition) is 5. The second kappa shape index (κ2) is 3.59. The first-order chi connectivity index (χ1) is 7.09. The molecule has 2 rings (SSSR count). The fourth-order valence-electron chi connectivity index (χ4n) is 1.33. The van der Waals surface area contributed by atoms with Gasteiger partial charge in [-0.3, -0.25) is 0 Å². The van der Waals surface area contributed by atoms with E-state index in [0.717, 1.165) is 0 Å². The van der Waals surface area contributed by atoms with Crippen molar-refractivity contribution in [1.29, 1.82) is 0 Å². The molecule has 0 saturated carbocycles. The predicted molar refractivity (Wildman–Crippen MR) is 52.7 cm³/mol. The summed E-state index contributed by atoms with van der Waals surface area (Å²) < 4.78 is 22.5. The zero-order chi connectivity index (χ0) is 10.9. The summed E-state index contributed by atoms with van der Waals surface area (Å²) in [4.78, 5) is 8.55. The van der Waals surface area contributed by atoms with E-state index in [1.807, 2.05) is 0 Å². The Balaban J connectivity index is 2.56. The van der Waals surface area contributed by atoms with Gasteiger partial charge in [0, 0.05) is 18.2 Å². The Morgan fingerprint density at radius 2 is 2.27 bits per heavy atom. The first-order valence-corrected chi connectivity index (χ1v) is 5.81. The predicted octanol–water partition coefficient (Wildman–Crippen LogP) is -0.147. The van der Waals surface area contributed by atoms with Crippen LogP contribution in [0.1, 0.15) is 12.0 Å². The zero-order valence-electron chi connectivity index (χ0n) is 7.75. The average Bonchev–Trinajstić information content (AvgIpc) is 2.69. The van der Waals surface area contributed by atoms with E-state index in [1.165, 1.54) is 6.20 Å². The van der Waals surface area contributed by atoms with Gasteiger partial charge in [0.1, 0.15) is 6.61 Å². The van der Waals surface area contributed by atoms with Crippen molar-refractivity contribution < 1.29 is 13.3 Å². The average molecular weight is 227 g/mol. The molecule has 0 aliphatic carbocycles. The SMILES string of the molecule is NS(=O)(=O)c1ncccc1C1=NOCC1. The summed E-state index contributed by atoms with van der Waals surface area (Å²) in [5.74, 6) is 0. The van der Waals surface area contributed by atoms with Crippen molar-refractivity contribution in [3.63, 3.8) is 0 Å². The Morgan fingerprint density at radius 1 is 1.47 bits per heavy atom. The summed E-state index contributed by atoms with van der Waals surface area (Å²) >= 11 is 0. The van der Waals surface area contributed by atoms with Crippen molar-refractivity contribution in [3.05, 3.63) is 23.9 Å². The molecule has 0 radical (unpaired) electrons. The topological polar surface area (TPSA) is 94.6 Å². The largest absolute Gasteiger partial charge is 0.395 e. The number of pyridine rings is 1. The Hall–Kier alpha value is -1.47. The molecule has 1 aliphatic rings. The van der Waals surface area contributed by atoms with Gasteiger partial charge in [-0.2, -0.15) is 0 Å². The maximum atomic E-state index is 11.2. The van der Waals surface area contributed by atoms with Gasteiger partial charge in [0.05, 0.1) is 5.71 Å². The molecule has 1 aliphatic heterocycles. The number of hydrogen-bond donors (Lipinski definition) is 1. The number of aromatic nitrogens is 1. The number of oxime groups is 1. The van der Waals surface area contributed by atoms with E-state index in [4.69, 9.17) is 9.98 Å². The summed E-state index contributed by atoms with van der Waals surface area (Å²) in [7, 11) is -3.82. The molecule has 0 saturated heterocycles. The Kier molecular flexibility index (Phi) is 2.41. The van der Waals surface area contributed by atoms with Crippen molar-refractivity contribution in [1.82, 2.24) is 4.98 Å². The summed E-state index contributed by atoms with van der Waals surface area (Å²) in [6.07, 6.45) is 1.94. The number of sulfonamides is 1. The summed E-state index contributed by atoms with van der Waals surface area (Å²) in [5.41, 5.74) is 0.977. The van der Waals surface area contributed by atoms with Crippen LogP contribution in [0.4, 0.5) is 0 Å². The van der Waals surface area contributed by atoms with E-state index in [2.05, 4.69) is 10.1 Å². The van der Waals surface area contributed by atoms with Gasteiger partial charge in [0.25, 0.3) is 10.0 Å². The Morgan fingerprint density at radius 3 is 2.87 bits per heavy atom. The molecule has 0 atom stereocenters. The highest BCUT2D eigenvalue weighted by atomic mass is 32.2. The van der Waals surface area contributed by atoms with Gasteiger partial charge in [0.2, 0.25) is 0 Å². The molecule has 15 heavy (non-hydrogen) atoms. The lowest BCUT2D eigenvalue weighted by Gasteiger charge is -2.03. The normalized spacial score (nSPS) is 15.9. The first kappa shape index (κ1) is 10.1. The third-order valence-corrected chi connectivity index (χ3v) is 2.82. The van der Waals surface area contributed by atoms with Gasteiger partial charge in [-0.25, -0.2) is 18.5 Å². The van der Waals surface area contributed by atoms with Crippen molar-refractivity contribution in [2.75, 3.05) is 6.61 Å². The van der Waals surface area contributed by atoms with Gasteiger partial charge in [-0.1, -0.05) is 5.16 Å². The minimum atomic E-state index is -3.82. The minimum absolute atomic E-state index is 0.158. The third kappa shape index (κ3) is 1.97. The molecule has 0 spiro atoms. The summed E-state index contributed by atoms with van der Waals surface area (Å²) in [6.45, 7) is 0.453. The van der Waals surface area contributed by atoms with Gasteiger partial charge >= 0.3 is 0 Å². The van der Waals surface area contributed by atoms with Gasteiger partial charge in [-0.05, 0) is 12.1 Å². The highest BCUT2D eigenvalue weighted by Crippen LogP contribution is 2.16. The van der Waals surface area contributed by atoms with E-state index in [0.29, 0.717) is 24.3 Å². The maximum absolute atomic E-state index is 11.2. The third-order valence-electron chi connectivity index (χ3n) is 1.96. The van der Waals surface area contributed by atoms with E-state index in [-0.39, 0.29) is 5.03 Å². The van der Waals surface area contributed by atoms with Crippen molar-refractivity contribution in [2.24, 2.45) is 10.3 Å². The highest BCUT2D eigenvalue weighted by molar-refractivity contribution is 7.89. The smallest absolute Gasteiger partial charge is 0.256 e. The van der Waals surface area contributed by atoms with Gasteiger partial charge in [0.15, 0.2) is 5.03 Å². The van der Waals surface area contributed by atoms with Crippen molar-refractivity contribution >= 4 is 15.7 Å². The van der Waals surface area contributed by atoms with Crippen LogP contribution in [0.5, 0.6) is 0 Å². The molecule has 1 aromatic heterocycles. The lowest BCUT2D eigenvalue weighted by molar-refractivity contribution is 0.174. The lowest BCUT2D eigenvalue weighted by atomic mass is 10.1. The van der Waals surface area contributed by atoms with E-state index in [9.17, 15) is 8.42 Å². The summed E-state index contributed by atoms with van der Waals surface area (Å²) in [5, 5.41) is 8.62. The van der Waals surface area contributed by atoms with Crippen LogP contribution in [-0.2, 0) is 14.9 Å². The van der Waals surface area contributed by atoms with E-state index in [1.54, 1.807) is 12.1 Å². The quantitative estimate of drug-likeness (QED) is 0.760. The van der Waals surface area contributed by atoms with Crippen LogP contribution in [0.3, 0.4) is 0 Å². The highest BCUT2D eigenvalue weighted by Gasteiger charge is 2.21. The summed E-state index contributed by atoms with van der Waals surface area (Å²) in [6, 6.07) is 3.24. The molecule has 6 nitrogen and oxygen atoms in total. The van der Waals surface area contributed by atoms with Gasteiger partial charge < -0.3 is 4.84 Å². The van der Waals surface area contributed by atoms with Gasteiger partial charge in [-0.15, -0.1) is 0 Å². The fraction of sp³-hybridized carbons (Fsp3) is 0.250. The molecular weight excluding hydrogens is 218 g/mol. The number of nitrogens with two attached hydrogens (primary N) is 1. The molecule has 80 valence electrons. The molecule has 2 heterocycles. The van der Waals surface area contributed by atoms with E-state index >= 15 is 0 Å². The van der Waals surface area contributed by atoms with Crippen LogP contribution in [0, 0.1) is 0 Å². The maximum Gasteiger partial charge on any atom is 0.256 e. The van der Waals surface area contributed by atoms with Crippen LogP contribution >= 0.6 is 0 Å². The second-order valence-corrected chi connectivity index (χ2v) is 4.50. The molecule has 0 aromatic carbocycles. The van der Waals surface area contributed by atoms with Crippen LogP contribution in [0.25, 0.3) is 0 Å². The lowest BCUT2D eigenvalue weighted by Crippen LogP contribution is -2.18. The number of primary sulfonamides is 1. The molecule has 1 aromatic rings. The monoisotopic (exact) mass is 227 g/mol. The molecule has 2 N–H and O–H groups in total. The van der Waals surface area contributed by atoms with Crippen molar-refractivity contribution in [2.45, 2.75) is 11.4 Å². The minimum Gasteiger partial charge on any atom is -0.395 e. The molecular formula is C8H9N3O3S. The van der Waals surface area contributed by atoms with Crippen LogP contribution in [0.2, 0.25) is 0 Å². The molecule has 0 amide bonds. The van der Waals surface area contributed by atoms with Crippen LogP contribution < -0.4 is 5.14 Å². The molecule has 0 fully saturated rings. The molecule has 7 heteroatoms. The first-order valence-electron chi connectivity index (χ1n) is 4.26. The fourth-order valence-corrected chi connectivity index (χ4v) is 2.03. The molecule has 0 unspecified atom stereocenters. The van der Waals surface area contributed by atoms with Crippen LogP contribution in [0.15, 0.2) is 28.5 Å². The van der Waals surface area contributed by atoms with E-state index < -0.39 is 10.0 Å². The molecule has 0 bridgehead atoms.